The summed E-state index contributed by atoms with van der Waals surface area (Å²) in [5.74, 6) is 0.578. The number of anilines is 1. The van der Waals surface area contributed by atoms with E-state index in [1.165, 1.54) is 0 Å². The highest BCUT2D eigenvalue weighted by molar-refractivity contribution is 6.02. The SMILES string of the molecule is CCc1c(C)nn(C)c1NC(=O)c1cncn1C. The summed E-state index contributed by atoms with van der Waals surface area (Å²) in [4.78, 5) is 16.0. The van der Waals surface area contributed by atoms with Gasteiger partial charge in [0.25, 0.3) is 5.91 Å². The molecule has 18 heavy (non-hydrogen) atoms. The van der Waals surface area contributed by atoms with Crippen LogP contribution in [0.4, 0.5) is 5.82 Å². The van der Waals surface area contributed by atoms with Crippen LogP contribution in [0.1, 0.15) is 28.7 Å². The molecule has 2 rings (SSSR count). The number of imidazole rings is 1. The fraction of sp³-hybridized carbons (Fsp3) is 0.417. The molecule has 1 N–H and O–H groups in total. The number of aryl methyl sites for hydroxylation is 3. The lowest BCUT2D eigenvalue weighted by atomic mass is 10.2. The Morgan fingerprint density at radius 2 is 2.17 bits per heavy atom. The van der Waals surface area contributed by atoms with E-state index in [1.807, 2.05) is 20.9 Å². The summed E-state index contributed by atoms with van der Waals surface area (Å²) < 4.78 is 3.38. The van der Waals surface area contributed by atoms with E-state index in [1.54, 1.807) is 28.8 Å². The first-order valence-electron chi connectivity index (χ1n) is 5.84. The number of hydrogen-bond acceptors (Lipinski definition) is 3. The Labute approximate surface area is 106 Å². The van der Waals surface area contributed by atoms with E-state index in [-0.39, 0.29) is 5.91 Å². The van der Waals surface area contributed by atoms with Crippen LogP contribution in [0.2, 0.25) is 0 Å². The van der Waals surface area contributed by atoms with Crippen molar-refractivity contribution in [2.75, 3.05) is 5.32 Å². The largest absolute Gasteiger partial charge is 0.330 e. The van der Waals surface area contributed by atoms with Gasteiger partial charge in [-0.1, -0.05) is 6.92 Å². The molecule has 6 heteroatoms. The molecule has 0 fully saturated rings. The highest BCUT2D eigenvalue weighted by Gasteiger charge is 2.16. The Kier molecular flexibility index (Phi) is 3.18. The summed E-state index contributed by atoms with van der Waals surface area (Å²) in [5, 5.41) is 7.21. The van der Waals surface area contributed by atoms with Crippen molar-refractivity contribution in [3.63, 3.8) is 0 Å². The minimum absolute atomic E-state index is 0.173. The Morgan fingerprint density at radius 1 is 1.44 bits per heavy atom. The van der Waals surface area contributed by atoms with Crippen LogP contribution >= 0.6 is 0 Å². The van der Waals surface area contributed by atoms with Gasteiger partial charge in [-0.3, -0.25) is 9.48 Å². The Morgan fingerprint density at radius 3 is 2.72 bits per heavy atom. The first-order valence-corrected chi connectivity index (χ1v) is 5.84. The van der Waals surface area contributed by atoms with Gasteiger partial charge in [0.2, 0.25) is 0 Å². The molecule has 0 saturated heterocycles. The number of amides is 1. The van der Waals surface area contributed by atoms with Crippen LogP contribution in [0.3, 0.4) is 0 Å². The zero-order valence-corrected chi connectivity index (χ0v) is 11.1. The summed E-state index contributed by atoms with van der Waals surface area (Å²) in [6.07, 6.45) is 3.98. The van der Waals surface area contributed by atoms with Crippen LogP contribution in [0.5, 0.6) is 0 Å². The second kappa shape index (κ2) is 4.64. The molecule has 96 valence electrons. The fourth-order valence-corrected chi connectivity index (χ4v) is 2.03. The fourth-order valence-electron chi connectivity index (χ4n) is 2.03. The Hall–Kier alpha value is -2.11. The van der Waals surface area contributed by atoms with Crippen molar-refractivity contribution < 1.29 is 4.79 Å². The van der Waals surface area contributed by atoms with Gasteiger partial charge in [0.05, 0.1) is 18.2 Å². The molecule has 0 unspecified atom stereocenters. The van der Waals surface area contributed by atoms with Gasteiger partial charge in [0, 0.05) is 19.7 Å². The van der Waals surface area contributed by atoms with Gasteiger partial charge >= 0.3 is 0 Å². The predicted octanol–water partition coefficient (Wildman–Crippen LogP) is 1.28. The molecule has 0 radical (unpaired) electrons. The average molecular weight is 247 g/mol. The van der Waals surface area contributed by atoms with Gasteiger partial charge in [-0.15, -0.1) is 0 Å². The van der Waals surface area contributed by atoms with Crippen molar-refractivity contribution >= 4 is 11.7 Å². The maximum atomic E-state index is 12.1. The molecule has 0 aliphatic carbocycles. The minimum Gasteiger partial charge on any atom is -0.330 e. The minimum atomic E-state index is -0.173. The van der Waals surface area contributed by atoms with E-state index in [9.17, 15) is 4.79 Å². The molecule has 0 bridgehead atoms. The molecule has 0 aliphatic heterocycles. The molecule has 2 aromatic rings. The van der Waals surface area contributed by atoms with Crippen molar-refractivity contribution in [3.05, 3.63) is 29.5 Å². The third-order valence-electron chi connectivity index (χ3n) is 2.98. The molecular weight excluding hydrogens is 230 g/mol. The molecule has 0 aromatic carbocycles. The monoisotopic (exact) mass is 247 g/mol. The van der Waals surface area contributed by atoms with Gasteiger partial charge in [-0.2, -0.15) is 5.10 Å². The van der Waals surface area contributed by atoms with Gasteiger partial charge in [0.1, 0.15) is 11.5 Å². The molecule has 0 saturated carbocycles. The van der Waals surface area contributed by atoms with E-state index in [0.29, 0.717) is 5.69 Å². The summed E-state index contributed by atoms with van der Waals surface area (Å²) >= 11 is 0. The normalized spacial score (nSPS) is 10.7. The van der Waals surface area contributed by atoms with E-state index < -0.39 is 0 Å². The number of carbonyl (C=O) groups is 1. The molecule has 2 aromatic heterocycles. The van der Waals surface area contributed by atoms with E-state index >= 15 is 0 Å². The Balaban J connectivity index is 2.30. The maximum Gasteiger partial charge on any atom is 0.275 e. The summed E-state index contributed by atoms with van der Waals surface area (Å²) in [7, 11) is 3.61. The van der Waals surface area contributed by atoms with Gasteiger partial charge in [-0.25, -0.2) is 4.98 Å². The second-order valence-corrected chi connectivity index (χ2v) is 4.23. The molecule has 0 atom stereocenters. The van der Waals surface area contributed by atoms with Crippen LogP contribution in [-0.2, 0) is 20.5 Å². The zero-order chi connectivity index (χ0) is 13.3. The van der Waals surface area contributed by atoms with Gasteiger partial charge < -0.3 is 9.88 Å². The first-order chi connectivity index (χ1) is 8.54. The molecule has 1 amide bonds. The van der Waals surface area contributed by atoms with Gasteiger partial charge in [0.15, 0.2) is 0 Å². The summed E-state index contributed by atoms with van der Waals surface area (Å²) in [5.41, 5.74) is 2.53. The Bertz CT molecular complexity index is 581. The van der Waals surface area contributed by atoms with Crippen LogP contribution in [0.15, 0.2) is 12.5 Å². The van der Waals surface area contributed by atoms with Crippen molar-refractivity contribution in [3.8, 4) is 0 Å². The highest BCUT2D eigenvalue weighted by Crippen LogP contribution is 2.19. The second-order valence-electron chi connectivity index (χ2n) is 4.23. The van der Waals surface area contributed by atoms with Crippen molar-refractivity contribution in [1.29, 1.82) is 0 Å². The number of nitrogens with one attached hydrogen (secondary N) is 1. The lowest BCUT2D eigenvalue weighted by molar-refractivity contribution is 0.101. The number of aromatic nitrogens is 4. The first kappa shape index (κ1) is 12.3. The molecule has 0 aliphatic rings. The average Bonchev–Trinajstić information content (AvgIpc) is 2.84. The third-order valence-corrected chi connectivity index (χ3v) is 2.98. The van der Waals surface area contributed by atoms with E-state index in [4.69, 9.17) is 0 Å². The highest BCUT2D eigenvalue weighted by atomic mass is 16.2. The number of carbonyl (C=O) groups excluding carboxylic acids is 1. The van der Waals surface area contributed by atoms with Gasteiger partial charge in [-0.05, 0) is 13.3 Å². The van der Waals surface area contributed by atoms with Crippen molar-refractivity contribution in [2.45, 2.75) is 20.3 Å². The van der Waals surface area contributed by atoms with Crippen LogP contribution in [-0.4, -0.2) is 25.2 Å². The molecule has 2 heterocycles. The predicted molar refractivity (Wildman–Crippen MR) is 68.5 cm³/mol. The smallest absolute Gasteiger partial charge is 0.275 e. The van der Waals surface area contributed by atoms with E-state index in [2.05, 4.69) is 15.4 Å². The lowest BCUT2D eigenvalue weighted by Crippen LogP contribution is -2.18. The van der Waals surface area contributed by atoms with Crippen LogP contribution in [0, 0.1) is 6.92 Å². The standard InChI is InChI=1S/C12H17N5O/c1-5-9-8(2)15-17(4)11(9)14-12(18)10-6-13-7-16(10)3/h6-7H,5H2,1-4H3,(H,14,18). The summed E-state index contributed by atoms with van der Waals surface area (Å²) in [6, 6.07) is 0. The quantitative estimate of drug-likeness (QED) is 0.888. The maximum absolute atomic E-state index is 12.1. The summed E-state index contributed by atoms with van der Waals surface area (Å²) in [6.45, 7) is 3.99. The van der Waals surface area contributed by atoms with Crippen molar-refractivity contribution in [2.24, 2.45) is 14.1 Å². The lowest BCUT2D eigenvalue weighted by Gasteiger charge is -2.07. The molecular formula is C12H17N5O. The zero-order valence-electron chi connectivity index (χ0n) is 11.1. The third kappa shape index (κ3) is 2.01. The number of nitrogens with zero attached hydrogens (tertiary/aromatic N) is 4. The molecule has 0 spiro atoms. The molecule has 6 nitrogen and oxygen atoms in total. The van der Waals surface area contributed by atoms with Crippen LogP contribution in [0.25, 0.3) is 0 Å². The van der Waals surface area contributed by atoms with E-state index in [0.717, 1.165) is 23.5 Å². The number of hydrogen-bond donors (Lipinski definition) is 1. The number of rotatable bonds is 3. The topological polar surface area (TPSA) is 64.7 Å². The van der Waals surface area contributed by atoms with Crippen LogP contribution < -0.4 is 5.32 Å². The van der Waals surface area contributed by atoms with Crippen molar-refractivity contribution in [1.82, 2.24) is 19.3 Å².